The molecule has 3 aromatic rings. The molecule has 0 bridgehead atoms. The van der Waals surface area contributed by atoms with E-state index in [0.717, 1.165) is 10.6 Å². The van der Waals surface area contributed by atoms with Crippen molar-refractivity contribution in [2.45, 2.75) is 39.3 Å². The molecule has 0 aromatic carbocycles. The first kappa shape index (κ1) is 19.2. The monoisotopic (exact) mass is 404 g/mol. The number of rotatable bonds is 7. The summed E-state index contributed by atoms with van der Waals surface area (Å²) in [5.74, 6) is -0.321. The molecule has 0 aliphatic heterocycles. The molecule has 7 nitrogen and oxygen atoms in total. The Hall–Kier alpha value is -2.52. The van der Waals surface area contributed by atoms with E-state index < -0.39 is 18.0 Å². The van der Waals surface area contributed by atoms with Crippen LogP contribution in [-0.4, -0.2) is 32.7 Å². The molecule has 0 radical (unpaired) electrons. The Morgan fingerprint density at radius 1 is 1.26 bits per heavy atom. The summed E-state index contributed by atoms with van der Waals surface area (Å²) >= 11 is 3.08. The molecule has 9 heteroatoms. The predicted molar refractivity (Wildman–Crippen MR) is 106 cm³/mol. The van der Waals surface area contributed by atoms with Crippen molar-refractivity contribution in [1.82, 2.24) is 14.8 Å². The number of nitrogens with one attached hydrogen (secondary N) is 1. The Bertz CT molecular complexity index is 915. The van der Waals surface area contributed by atoms with Gasteiger partial charge in [0.15, 0.2) is 6.10 Å². The highest BCUT2D eigenvalue weighted by Crippen LogP contribution is 2.26. The molecule has 142 valence electrons. The maximum atomic E-state index is 12.3. The second kappa shape index (κ2) is 8.45. The molecule has 0 unspecified atom stereocenters. The van der Waals surface area contributed by atoms with Crippen LogP contribution in [0.2, 0.25) is 0 Å². The number of thiophene rings is 1. The average Bonchev–Trinajstić information content (AvgIpc) is 3.35. The standard InChI is InChI=1S/C18H20N4O3S2/c1-11(2)22-15(4-6-19-22)21-17(24)12(3)25-16(23)8-14-10-27-18(20-14)13-5-7-26-9-13/h4-7,9-12H,8H2,1-3H3,(H,21,24)/t12-/m0/s1. The van der Waals surface area contributed by atoms with Crippen molar-refractivity contribution in [3.8, 4) is 10.6 Å². The van der Waals surface area contributed by atoms with Gasteiger partial charge in [0.05, 0.1) is 18.3 Å². The molecule has 0 aliphatic carbocycles. The number of aromatic nitrogens is 3. The van der Waals surface area contributed by atoms with Gasteiger partial charge in [-0.05, 0) is 32.2 Å². The quantitative estimate of drug-likeness (QED) is 0.606. The minimum Gasteiger partial charge on any atom is -0.452 e. The molecule has 0 saturated carbocycles. The summed E-state index contributed by atoms with van der Waals surface area (Å²) < 4.78 is 6.94. The van der Waals surface area contributed by atoms with Crippen LogP contribution in [0.4, 0.5) is 5.82 Å². The van der Waals surface area contributed by atoms with Gasteiger partial charge in [-0.3, -0.25) is 9.59 Å². The van der Waals surface area contributed by atoms with E-state index in [9.17, 15) is 9.59 Å². The number of esters is 1. The van der Waals surface area contributed by atoms with Gasteiger partial charge < -0.3 is 10.1 Å². The number of anilines is 1. The minimum absolute atomic E-state index is 0.0299. The highest BCUT2D eigenvalue weighted by molar-refractivity contribution is 7.14. The Morgan fingerprint density at radius 2 is 2.07 bits per heavy atom. The van der Waals surface area contributed by atoms with Gasteiger partial charge in [0, 0.05) is 28.4 Å². The van der Waals surface area contributed by atoms with Crippen molar-refractivity contribution in [1.29, 1.82) is 0 Å². The molecule has 0 saturated heterocycles. The van der Waals surface area contributed by atoms with Gasteiger partial charge in [0.2, 0.25) is 0 Å². The third-order valence-electron chi connectivity index (χ3n) is 3.73. The molecule has 1 N–H and O–H groups in total. The summed E-state index contributed by atoms with van der Waals surface area (Å²) in [6, 6.07) is 3.79. The smallest absolute Gasteiger partial charge is 0.312 e. The van der Waals surface area contributed by atoms with Crippen LogP contribution < -0.4 is 5.32 Å². The van der Waals surface area contributed by atoms with Gasteiger partial charge in [-0.2, -0.15) is 16.4 Å². The van der Waals surface area contributed by atoms with Crippen molar-refractivity contribution in [2.75, 3.05) is 5.32 Å². The summed E-state index contributed by atoms with van der Waals surface area (Å²) in [6.45, 7) is 5.47. The SMILES string of the molecule is CC(C)n1nccc1NC(=O)[C@H](C)OC(=O)Cc1csc(-c2ccsc2)n1. The largest absolute Gasteiger partial charge is 0.452 e. The normalized spacial score (nSPS) is 12.1. The second-order valence-corrected chi connectivity index (χ2v) is 7.85. The molecule has 0 aliphatic rings. The zero-order valence-electron chi connectivity index (χ0n) is 15.2. The van der Waals surface area contributed by atoms with E-state index in [0.29, 0.717) is 11.5 Å². The molecule has 3 heterocycles. The number of thiazole rings is 1. The molecular weight excluding hydrogens is 384 g/mol. The van der Waals surface area contributed by atoms with E-state index >= 15 is 0 Å². The number of amides is 1. The molecule has 1 atom stereocenters. The van der Waals surface area contributed by atoms with E-state index in [2.05, 4.69) is 15.4 Å². The summed E-state index contributed by atoms with van der Waals surface area (Å²) in [5, 5.41) is 13.6. The minimum atomic E-state index is -0.914. The van der Waals surface area contributed by atoms with E-state index in [4.69, 9.17) is 4.74 Å². The molecule has 3 aromatic heterocycles. The summed E-state index contributed by atoms with van der Waals surface area (Å²) in [7, 11) is 0. The topological polar surface area (TPSA) is 86.1 Å². The van der Waals surface area contributed by atoms with Crippen LogP contribution in [0.3, 0.4) is 0 Å². The van der Waals surface area contributed by atoms with Crippen LogP contribution in [0.15, 0.2) is 34.5 Å². The molecule has 3 rings (SSSR count). The van der Waals surface area contributed by atoms with Crippen LogP contribution >= 0.6 is 22.7 Å². The highest BCUT2D eigenvalue weighted by atomic mass is 32.1. The third-order valence-corrected chi connectivity index (χ3v) is 5.36. The Morgan fingerprint density at radius 3 is 2.78 bits per heavy atom. The lowest BCUT2D eigenvalue weighted by atomic mass is 10.3. The van der Waals surface area contributed by atoms with Crippen molar-refractivity contribution in [3.63, 3.8) is 0 Å². The number of carbonyl (C=O) groups is 2. The number of carbonyl (C=O) groups excluding carboxylic acids is 2. The van der Waals surface area contributed by atoms with Gasteiger partial charge in [-0.1, -0.05) is 0 Å². The fraction of sp³-hybridized carbons (Fsp3) is 0.333. The van der Waals surface area contributed by atoms with Gasteiger partial charge >= 0.3 is 5.97 Å². The van der Waals surface area contributed by atoms with Gasteiger partial charge in [-0.15, -0.1) is 11.3 Å². The van der Waals surface area contributed by atoms with E-state index in [1.807, 2.05) is 36.1 Å². The van der Waals surface area contributed by atoms with Crippen LogP contribution in [0, 0.1) is 0 Å². The first-order chi connectivity index (χ1) is 12.9. The number of ether oxygens (including phenoxy) is 1. The second-order valence-electron chi connectivity index (χ2n) is 6.21. The Kier molecular flexibility index (Phi) is 6.02. The Balaban J connectivity index is 1.54. The average molecular weight is 405 g/mol. The summed E-state index contributed by atoms with van der Waals surface area (Å²) in [6.07, 6.45) is 0.727. The van der Waals surface area contributed by atoms with Crippen molar-refractivity contribution < 1.29 is 14.3 Å². The third kappa shape index (κ3) is 4.81. The first-order valence-electron chi connectivity index (χ1n) is 8.45. The molecule has 0 spiro atoms. The van der Waals surface area contributed by atoms with Gasteiger partial charge in [0.25, 0.3) is 5.91 Å². The zero-order chi connectivity index (χ0) is 19.4. The van der Waals surface area contributed by atoms with Crippen molar-refractivity contribution >= 4 is 40.4 Å². The van der Waals surface area contributed by atoms with E-state index in [1.54, 1.807) is 35.2 Å². The van der Waals surface area contributed by atoms with Crippen molar-refractivity contribution in [3.05, 3.63) is 40.2 Å². The molecule has 27 heavy (non-hydrogen) atoms. The van der Waals surface area contributed by atoms with E-state index in [-0.39, 0.29) is 12.5 Å². The predicted octanol–water partition coefficient (Wildman–Crippen LogP) is 3.76. The van der Waals surface area contributed by atoms with Gasteiger partial charge in [-0.25, -0.2) is 9.67 Å². The molecule has 1 amide bonds. The maximum Gasteiger partial charge on any atom is 0.312 e. The van der Waals surface area contributed by atoms with Crippen LogP contribution in [0.25, 0.3) is 10.6 Å². The Labute approximate surface area is 165 Å². The zero-order valence-corrected chi connectivity index (χ0v) is 16.8. The lowest BCUT2D eigenvalue weighted by Crippen LogP contribution is -2.31. The number of hydrogen-bond donors (Lipinski definition) is 1. The number of hydrogen-bond acceptors (Lipinski definition) is 7. The molecular formula is C18H20N4O3S2. The van der Waals surface area contributed by atoms with Crippen molar-refractivity contribution in [2.24, 2.45) is 0 Å². The summed E-state index contributed by atoms with van der Waals surface area (Å²) in [4.78, 5) is 28.9. The van der Waals surface area contributed by atoms with E-state index in [1.165, 1.54) is 11.3 Å². The van der Waals surface area contributed by atoms with Gasteiger partial charge in [0.1, 0.15) is 10.8 Å². The number of nitrogens with zero attached hydrogens (tertiary/aromatic N) is 3. The lowest BCUT2D eigenvalue weighted by Gasteiger charge is -2.15. The highest BCUT2D eigenvalue weighted by Gasteiger charge is 2.20. The fourth-order valence-corrected chi connectivity index (χ4v) is 3.93. The van der Waals surface area contributed by atoms with Crippen LogP contribution in [0.5, 0.6) is 0 Å². The summed E-state index contributed by atoms with van der Waals surface area (Å²) in [5.41, 5.74) is 1.68. The maximum absolute atomic E-state index is 12.3. The van der Waals surface area contributed by atoms with Crippen LogP contribution in [-0.2, 0) is 20.7 Å². The first-order valence-corrected chi connectivity index (χ1v) is 10.3. The van der Waals surface area contributed by atoms with Crippen LogP contribution in [0.1, 0.15) is 32.5 Å². The molecule has 0 fully saturated rings. The fourth-order valence-electron chi connectivity index (χ4n) is 2.40. The lowest BCUT2D eigenvalue weighted by molar-refractivity contribution is -0.152.